The second-order valence-electron chi connectivity index (χ2n) is 4.80. The molecule has 0 radical (unpaired) electrons. The lowest BCUT2D eigenvalue weighted by Gasteiger charge is -2.10. The number of rotatable bonds is 5. The summed E-state index contributed by atoms with van der Waals surface area (Å²) in [5, 5.41) is 12.4. The molecule has 5 heteroatoms. The molecular weight excluding hydrogens is 274 g/mol. The van der Waals surface area contributed by atoms with Gasteiger partial charge in [-0.05, 0) is 50.1 Å². The molecule has 1 N–H and O–H groups in total. The first kappa shape index (κ1) is 13.2. The molecule has 3 rings (SSSR count). The molecule has 20 heavy (non-hydrogen) atoms. The molecule has 0 unspecified atom stereocenters. The van der Waals surface area contributed by atoms with Crippen LogP contribution in [0.3, 0.4) is 0 Å². The van der Waals surface area contributed by atoms with Gasteiger partial charge in [0.15, 0.2) is 0 Å². The van der Waals surface area contributed by atoms with Crippen LogP contribution in [0, 0.1) is 0 Å². The van der Waals surface area contributed by atoms with Crippen molar-refractivity contribution in [1.29, 1.82) is 0 Å². The summed E-state index contributed by atoms with van der Waals surface area (Å²) in [6, 6.07) is 9.97. The Labute approximate surface area is 123 Å². The highest BCUT2D eigenvalue weighted by molar-refractivity contribution is 6.30. The zero-order valence-corrected chi connectivity index (χ0v) is 12.0. The van der Waals surface area contributed by atoms with Crippen molar-refractivity contribution in [2.24, 2.45) is 0 Å². The minimum absolute atomic E-state index is 0.570. The van der Waals surface area contributed by atoms with E-state index < -0.39 is 0 Å². The smallest absolute Gasteiger partial charge is 0.148 e. The topological polar surface area (TPSA) is 47.0 Å². The Hall–Kier alpha value is -1.81. The van der Waals surface area contributed by atoms with E-state index >= 15 is 0 Å². The third kappa shape index (κ3) is 3.02. The molecule has 0 saturated heterocycles. The zero-order chi connectivity index (χ0) is 13.9. The summed E-state index contributed by atoms with van der Waals surface area (Å²) < 4.78 is 5.61. The summed E-state index contributed by atoms with van der Waals surface area (Å²) in [7, 11) is 0. The molecule has 1 heterocycles. The fourth-order valence-electron chi connectivity index (χ4n) is 1.97. The van der Waals surface area contributed by atoms with Gasteiger partial charge in [-0.2, -0.15) is 0 Å². The van der Waals surface area contributed by atoms with E-state index in [0.717, 1.165) is 22.8 Å². The lowest BCUT2D eigenvalue weighted by molar-refractivity contribution is 0.341. The molecule has 1 fully saturated rings. The van der Waals surface area contributed by atoms with E-state index in [2.05, 4.69) is 15.5 Å². The first-order valence-electron chi connectivity index (χ1n) is 6.79. The van der Waals surface area contributed by atoms with E-state index in [0.29, 0.717) is 17.7 Å². The van der Waals surface area contributed by atoms with Gasteiger partial charge in [-0.15, -0.1) is 10.2 Å². The average molecular weight is 290 g/mol. The molecule has 1 aliphatic rings. The second kappa shape index (κ2) is 5.67. The van der Waals surface area contributed by atoms with E-state index in [9.17, 15) is 0 Å². The van der Waals surface area contributed by atoms with E-state index in [1.807, 2.05) is 37.3 Å². The van der Waals surface area contributed by atoms with Crippen molar-refractivity contribution in [2.45, 2.75) is 25.8 Å². The van der Waals surface area contributed by atoms with Crippen LogP contribution in [-0.2, 0) is 0 Å². The Morgan fingerprint density at radius 2 is 2.10 bits per heavy atom. The van der Waals surface area contributed by atoms with Crippen LogP contribution < -0.4 is 10.1 Å². The highest BCUT2D eigenvalue weighted by Crippen LogP contribution is 2.32. The standard InChI is InChI=1S/C15H16ClN3O/c1-2-20-14-7-3-10(16)9-12(14)13-6-8-15(19-18-13)17-11-4-5-11/h3,6-9,11H,2,4-5H2,1H3,(H,17,19). The maximum atomic E-state index is 6.06. The van der Waals surface area contributed by atoms with Gasteiger partial charge in [0.25, 0.3) is 0 Å². The third-order valence-electron chi connectivity index (χ3n) is 3.11. The van der Waals surface area contributed by atoms with Crippen molar-refractivity contribution in [3.8, 4) is 17.0 Å². The Kier molecular flexibility index (Phi) is 3.74. The lowest BCUT2D eigenvalue weighted by atomic mass is 10.1. The van der Waals surface area contributed by atoms with Crippen LogP contribution in [0.4, 0.5) is 5.82 Å². The minimum atomic E-state index is 0.570. The Morgan fingerprint density at radius 3 is 2.75 bits per heavy atom. The molecule has 2 aromatic rings. The summed E-state index contributed by atoms with van der Waals surface area (Å²) in [6.45, 7) is 2.55. The van der Waals surface area contributed by atoms with Crippen molar-refractivity contribution in [2.75, 3.05) is 11.9 Å². The van der Waals surface area contributed by atoms with E-state index in [4.69, 9.17) is 16.3 Å². The number of hydrogen-bond acceptors (Lipinski definition) is 4. The number of anilines is 1. The summed E-state index contributed by atoms with van der Waals surface area (Å²) in [4.78, 5) is 0. The molecule has 0 aliphatic heterocycles. The van der Waals surface area contributed by atoms with Crippen LogP contribution in [0.5, 0.6) is 5.75 Å². The van der Waals surface area contributed by atoms with Gasteiger partial charge < -0.3 is 10.1 Å². The maximum Gasteiger partial charge on any atom is 0.148 e. The predicted molar refractivity (Wildman–Crippen MR) is 80.3 cm³/mol. The first-order chi connectivity index (χ1) is 9.76. The van der Waals surface area contributed by atoms with Gasteiger partial charge in [0, 0.05) is 16.6 Å². The monoisotopic (exact) mass is 289 g/mol. The molecule has 0 amide bonds. The van der Waals surface area contributed by atoms with Crippen molar-refractivity contribution in [3.05, 3.63) is 35.4 Å². The zero-order valence-electron chi connectivity index (χ0n) is 11.3. The van der Waals surface area contributed by atoms with E-state index in [1.54, 1.807) is 0 Å². The van der Waals surface area contributed by atoms with Crippen LogP contribution in [0.1, 0.15) is 19.8 Å². The Balaban J connectivity index is 1.88. The number of nitrogens with one attached hydrogen (secondary N) is 1. The molecule has 1 aliphatic carbocycles. The van der Waals surface area contributed by atoms with Gasteiger partial charge in [-0.3, -0.25) is 0 Å². The quantitative estimate of drug-likeness (QED) is 0.910. The van der Waals surface area contributed by atoms with Gasteiger partial charge in [0.05, 0.1) is 12.3 Å². The van der Waals surface area contributed by atoms with Crippen LogP contribution in [0.25, 0.3) is 11.3 Å². The molecule has 1 saturated carbocycles. The SMILES string of the molecule is CCOc1ccc(Cl)cc1-c1ccc(NC2CC2)nn1. The van der Waals surface area contributed by atoms with Gasteiger partial charge in [0.1, 0.15) is 11.6 Å². The molecule has 104 valence electrons. The van der Waals surface area contributed by atoms with Crippen LogP contribution in [0.2, 0.25) is 5.02 Å². The molecular formula is C15H16ClN3O. The maximum absolute atomic E-state index is 6.06. The number of nitrogens with zero attached hydrogens (tertiary/aromatic N) is 2. The van der Waals surface area contributed by atoms with Crippen LogP contribution in [-0.4, -0.2) is 22.8 Å². The minimum Gasteiger partial charge on any atom is -0.493 e. The van der Waals surface area contributed by atoms with Gasteiger partial charge in [-0.1, -0.05) is 11.6 Å². The summed E-state index contributed by atoms with van der Waals surface area (Å²) in [6.07, 6.45) is 2.43. The number of benzene rings is 1. The summed E-state index contributed by atoms with van der Waals surface area (Å²) >= 11 is 6.06. The molecule has 1 aromatic heterocycles. The first-order valence-corrected chi connectivity index (χ1v) is 7.17. The van der Waals surface area contributed by atoms with E-state index in [1.165, 1.54) is 12.8 Å². The van der Waals surface area contributed by atoms with Crippen LogP contribution in [0.15, 0.2) is 30.3 Å². The van der Waals surface area contributed by atoms with Crippen molar-refractivity contribution in [1.82, 2.24) is 10.2 Å². The van der Waals surface area contributed by atoms with Crippen molar-refractivity contribution in [3.63, 3.8) is 0 Å². The molecule has 0 atom stereocenters. The summed E-state index contributed by atoms with van der Waals surface area (Å²) in [5.41, 5.74) is 1.63. The Bertz CT molecular complexity index is 597. The number of aromatic nitrogens is 2. The van der Waals surface area contributed by atoms with E-state index in [-0.39, 0.29) is 0 Å². The lowest BCUT2D eigenvalue weighted by Crippen LogP contribution is -2.04. The summed E-state index contributed by atoms with van der Waals surface area (Å²) in [5.74, 6) is 1.59. The van der Waals surface area contributed by atoms with Gasteiger partial charge in [0.2, 0.25) is 0 Å². The fraction of sp³-hybridized carbons (Fsp3) is 0.333. The largest absolute Gasteiger partial charge is 0.493 e. The number of hydrogen-bond donors (Lipinski definition) is 1. The van der Waals surface area contributed by atoms with Crippen molar-refractivity contribution >= 4 is 17.4 Å². The second-order valence-corrected chi connectivity index (χ2v) is 5.23. The molecule has 4 nitrogen and oxygen atoms in total. The van der Waals surface area contributed by atoms with Gasteiger partial charge >= 0.3 is 0 Å². The molecule has 0 bridgehead atoms. The average Bonchev–Trinajstić information content (AvgIpc) is 3.26. The normalized spacial score (nSPS) is 14.1. The van der Waals surface area contributed by atoms with Gasteiger partial charge in [-0.25, -0.2) is 0 Å². The Morgan fingerprint density at radius 1 is 1.25 bits per heavy atom. The molecule has 1 aromatic carbocycles. The highest BCUT2D eigenvalue weighted by Gasteiger charge is 2.21. The van der Waals surface area contributed by atoms with Crippen molar-refractivity contribution < 1.29 is 4.74 Å². The predicted octanol–water partition coefficient (Wildman–Crippen LogP) is 3.77. The number of ether oxygens (including phenoxy) is 1. The third-order valence-corrected chi connectivity index (χ3v) is 3.35. The highest BCUT2D eigenvalue weighted by atomic mass is 35.5. The van der Waals surface area contributed by atoms with Crippen LogP contribution >= 0.6 is 11.6 Å². The number of halogens is 1. The molecule has 0 spiro atoms. The fourth-order valence-corrected chi connectivity index (χ4v) is 2.15.